The molecule has 5 nitrogen and oxygen atoms in total. The van der Waals surface area contributed by atoms with Crippen LogP contribution in [0.15, 0.2) is 24.3 Å². The molecule has 0 spiro atoms. The van der Waals surface area contributed by atoms with E-state index in [2.05, 4.69) is 5.32 Å². The Balaban J connectivity index is 2.38. The lowest BCUT2D eigenvalue weighted by Crippen LogP contribution is -2.32. The summed E-state index contributed by atoms with van der Waals surface area (Å²) in [4.78, 5) is 22.8. The molecule has 0 saturated heterocycles. The molecule has 2 rings (SSSR count). The first-order valence-corrected chi connectivity index (χ1v) is 6.54. The Hall–Kier alpha value is -2.01. The van der Waals surface area contributed by atoms with Crippen LogP contribution in [0.25, 0.3) is 5.57 Å². The number of aliphatic carboxylic acids is 1. The Kier molecular flexibility index (Phi) is 4.29. The zero-order chi connectivity index (χ0) is 14.7. The molecule has 1 heterocycles. The standard InChI is InChI=1S/C14H14ClNO4/c1-2-20-14(19)12-5-8(6-13(17)18)10-4-3-9(15)7-11(10)16-12/h3-5,7,12,16H,2,6H2,1H3,(H,17,18). The number of anilines is 1. The summed E-state index contributed by atoms with van der Waals surface area (Å²) >= 11 is 5.93. The van der Waals surface area contributed by atoms with Crippen molar-refractivity contribution in [3.05, 3.63) is 34.9 Å². The van der Waals surface area contributed by atoms with Gasteiger partial charge in [0.05, 0.1) is 13.0 Å². The van der Waals surface area contributed by atoms with Crippen molar-refractivity contribution in [3.63, 3.8) is 0 Å². The Bertz CT molecular complexity index is 583. The van der Waals surface area contributed by atoms with Crippen LogP contribution in [0.2, 0.25) is 5.02 Å². The van der Waals surface area contributed by atoms with Crippen molar-refractivity contribution < 1.29 is 19.4 Å². The summed E-state index contributed by atoms with van der Waals surface area (Å²) < 4.78 is 4.95. The third-order valence-corrected chi connectivity index (χ3v) is 3.12. The van der Waals surface area contributed by atoms with Gasteiger partial charge in [0.2, 0.25) is 0 Å². The molecule has 1 aromatic carbocycles. The molecule has 1 atom stereocenters. The number of nitrogens with one attached hydrogen (secondary N) is 1. The van der Waals surface area contributed by atoms with Gasteiger partial charge in [-0.25, -0.2) is 4.79 Å². The van der Waals surface area contributed by atoms with E-state index in [-0.39, 0.29) is 13.0 Å². The minimum atomic E-state index is -0.957. The van der Waals surface area contributed by atoms with Gasteiger partial charge in [-0.15, -0.1) is 0 Å². The smallest absolute Gasteiger partial charge is 0.332 e. The van der Waals surface area contributed by atoms with Gasteiger partial charge in [-0.05, 0) is 30.7 Å². The summed E-state index contributed by atoms with van der Waals surface area (Å²) in [5, 5.41) is 12.5. The second-order valence-electron chi connectivity index (χ2n) is 4.33. The van der Waals surface area contributed by atoms with Crippen LogP contribution in [0.4, 0.5) is 5.69 Å². The molecule has 0 amide bonds. The third-order valence-electron chi connectivity index (χ3n) is 2.89. The Labute approximate surface area is 121 Å². The van der Waals surface area contributed by atoms with E-state index in [4.69, 9.17) is 21.4 Å². The summed E-state index contributed by atoms with van der Waals surface area (Å²) in [6.07, 6.45) is 1.43. The van der Waals surface area contributed by atoms with E-state index < -0.39 is 18.0 Å². The molecule has 0 aliphatic carbocycles. The van der Waals surface area contributed by atoms with E-state index in [0.29, 0.717) is 16.3 Å². The van der Waals surface area contributed by atoms with E-state index in [1.807, 2.05) is 0 Å². The topological polar surface area (TPSA) is 75.6 Å². The predicted octanol–water partition coefficient (Wildman–Crippen LogP) is 2.56. The fourth-order valence-electron chi connectivity index (χ4n) is 2.09. The maximum Gasteiger partial charge on any atom is 0.332 e. The summed E-state index contributed by atoms with van der Waals surface area (Å²) in [5.41, 5.74) is 1.94. The number of ether oxygens (including phenoxy) is 1. The number of carboxylic acid groups (broad SMARTS) is 1. The molecule has 0 bridgehead atoms. The summed E-state index contributed by atoms with van der Waals surface area (Å²) in [5.74, 6) is -1.40. The summed E-state index contributed by atoms with van der Waals surface area (Å²) in [6.45, 7) is 1.98. The highest BCUT2D eigenvalue weighted by molar-refractivity contribution is 6.31. The highest BCUT2D eigenvalue weighted by atomic mass is 35.5. The highest BCUT2D eigenvalue weighted by Gasteiger charge is 2.26. The van der Waals surface area contributed by atoms with Crippen molar-refractivity contribution in [3.8, 4) is 0 Å². The van der Waals surface area contributed by atoms with Gasteiger partial charge in [0, 0.05) is 16.3 Å². The van der Waals surface area contributed by atoms with Gasteiger partial charge in [0.25, 0.3) is 0 Å². The van der Waals surface area contributed by atoms with Gasteiger partial charge in [-0.2, -0.15) is 0 Å². The van der Waals surface area contributed by atoms with Gasteiger partial charge in [0.1, 0.15) is 6.04 Å². The van der Waals surface area contributed by atoms with Gasteiger partial charge in [0.15, 0.2) is 0 Å². The molecule has 1 unspecified atom stereocenters. The van der Waals surface area contributed by atoms with E-state index in [9.17, 15) is 9.59 Å². The number of fused-ring (bicyclic) bond motifs is 1. The number of benzene rings is 1. The second kappa shape index (κ2) is 5.96. The average Bonchev–Trinajstić information content (AvgIpc) is 2.37. The molecule has 0 aromatic heterocycles. The molecule has 0 saturated carbocycles. The minimum absolute atomic E-state index is 0.160. The number of hydrogen-bond donors (Lipinski definition) is 2. The van der Waals surface area contributed by atoms with Crippen LogP contribution in [0.3, 0.4) is 0 Å². The van der Waals surface area contributed by atoms with Gasteiger partial charge >= 0.3 is 11.9 Å². The van der Waals surface area contributed by atoms with Crippen molar-refractivity contribution >= 4 is 34.8 Å². The van der Waals surface area contributed by atoms with Crippen molar-refractivity contribution in [1.82, 2.24) is 0 Å². The number of halogens is 1. The molecule has 1 aliphatic heterocycles. The lowest BCUT2D eigenvalue weighted by molar-refractivity contribution is -0.143. The summed E-state index contributed by atoms with van der Waals surface area (Å²) in [7, 11) is 0. The molecule has 1 aliphatic rings. The largest absolute Gasteiger partial charge is 0.481 e. The van der Waals surface area contributed by atoms with Crippen molar-refractivity contribution in [2.45, 2.75) is 19.4 Å². The Morgan fingerprint density at radius 1 is 1.45 bits per heavy atom. The van der Waals surface area contributed by atoms with Gasteiger partial charge in [-0.3, -0.25) is 4.79 Å². The Morgan fingerprint density at radius 2 is 2.20 bits per heavy atom. The minimum Gasteiger partial charge on any atom is -0.481 e. The first kappa shape index (κ1) is 14.4. The average molecular weight is 296 g/mol. The highest BCUT2D eigenvalue weighted by Crippen LogP contribution is 2.33. The normalized spacial score (nSPS) is 16.7. The van der Waals surface area contributed by atoms with Crippen molar-refractivity contribution in [2.75, 3.05) is 11.9 Å². The lowest BCUT2D eigenvalue weighted by Gasteiger charge is -2.24. The van der Waals surface area contributed by atoms with Gasteiger partial charge in [-0.1, -0.05) is 17.7 Å². The van der Waals surface area contributed by atoms with Crippen molar-refractivity contribution in [1.29, 1.82) is 0 Å². The predicted molar refractivity (Wildman–Crippen MR) is 75.7 cm³/mol. The zero-order valence-corrected chi connectivity index (χ0v) is 11.6. The number of rotatable bonds is 4. The lowest BCUT2D eigenvalue weighted by atomic mass is 9.94. The monoisotopic (exact) mass is 295 g/mol. The van der Waals surface area contributed by atoms with Crippen LogP contribution in [-0.4, -0.2) is 29.7 Å². The van der Waals surface area contributed by atoms with Crippen LogP contribution in [0.5, 0.6) is 0 Å². The first-order valence-electron chi connectivity index (χ1n) is 6.17. The first-order chi connectivity index (χ1) is 9.51. The molecule has 2 N–H and O–H groups in total. The number of esters is 1. The van der Waals surface area contributed by atoms with Crippen LogP contribution in [0, 0.1) is 0 Å². The molecule has 0 fully saturated rings. The fourth-order valence-corrected chi connectivity index (χ4v) is 2.26. The SMILES string of the molecule is CCOC(=O)C1C=C(CC(=O)O)c2ccc(Cl)cc2N1. The molecule has 0 radical (unpaired) electrons. The van der Waals surface area contributed by atoms with Crippen LogP contribution < -0.4 is 5.32 Å². The molecule has 1 aromatic rings. The maximum atomic E-state index is 11.8. The molecule has 6 heteroatoms. The Morgan fingerprint density at radius 3 is 2.85 bits per heavy atom. The van der Waals surface area contributed by atoms with E-state index in [0.717, 1.165) is 5.56 Å². The maximum absolute atomic E-state index is 11.8. The van der Waals surface area contributed by atoms with Crippen molar-refractivity contribution in [2.24, 2.45) is 0 Å². The number of carbonyl (C=O) groups excluding carboxylic acids is 1. The van der Waals surface area contributed by atoms with E-state index >= 15 is 0 Å². The number of carboxylic acids is 1. The van der Waals surface area contributed by atoms with Crippen LogP contribution in [0.1, 0.15) is 18.9 Å². The summed E-state index contributed by atoms with van der Waals surface area (Å²) in [6, 6.07) is 4.39. The fraction of sp³-hybridized carbons (Fsp3) is 0.286. The molecule has 106 valence electrons. The molecular formula is C14H14ClNO4. The second-order valence-corrected chi connectivity index (χ2v) is 4.76. The van der Waals surface area contributed by atoms with Crippen LogP contribution >= 0.6 is 11.6 Å². The van der Waals surface area contributed by atoms with Gasteiger partial charge < -0.3 is 15.2 Å². The van der Waals surface area contributed by atoms with E-state index in [1.165, 1.54) is 0 Å². The third kappa shape index (κ3) is 3.11. The quantitative estimate of drug-likeness (QED) is 0.835. The molecular weight excluding hydrogens is 282 g/mol. The molecule has 20 heavy (non-hydrogen) atoms. The van der Waals surface area contributed by atoms with E-state index in [1.54, 1.807) is 31.2 Å². The number of carbonyl (C=O) groups is 2. The van der Waals surface area contributed by atoms with Crippen LogP contribution in [-0.2, 0) is 14.3 Å². The number of hydrogen-bond acceptors (Lipinski definition) is 4. The zero-order valence-electron chi connectivity index (χ0n) is 10.9.